The summed E-state index contributed by atoms with van der Waals surface area (Å²) in [6, 6.07) is 4.09. The molecule has 1 heterocycles. The van der Waals surface area contributed by atoms with Gasteiger partial charge < -0.3 is 15.8 Å². The van der Waals surface area contributed by atoms with Crippen molar-refractivity contribution in [3.63, 3.8) is 0 Å². The van der Waals surface area contributed by atoms with Crippen molar-refractivity contribution in [2.24, 2.45) is 5.73 Å². The number of ether oxygens (including phenoxy) is 1. The van der Waals surface area contributed by atoms with Crippen molar-refractivity contribution < 1.29 is 13.9 Å². The second-order valence-electron chi connectivity index (χ2n) is 4.35. The van der Waals surface area contributed by atoms with E-state index >= 15 is 0 Å². The van der Waals surface area contributed by atoms with Crippen LogP contribution in [0.15, 0.2) is 18.2 Å². The van der Waals surface area contributed by atoms with Gasteiger partial charge in [0.25, 0.3) is 0 Å². The monoisotopic (exact) mass is 272 g/mol. The van der Waals surface area contributed by atoms with E-state index in [2.05, 4.69) is 5.32 Å². The van der Waals surface area contributed by atoms with Crippen LogP contribution in [0.2, 0.25) is 5.02 Å². The Morgan fingerprint density at radius 1 is 1.44 bits per heavy atom. The lowest BCUT2D eigenvalue weighted by Gasteiger charge is -2.31. The topological polar surface area (TPSA) is 64.4 Å². The molecule has 0 radical (unpaired) electrons. The van der Waals surface area contributed by atoms with E-state index in [0.717, 1.165) is 0 Å². The molecule has 0 aromatic heterocycles. The fourth-order valence-electron chi connectivity index (χ4n) is 1.79. The number of carbonyl (C=O) groups excluding carboxylic acids is 1. The highest BCUT2D eigenvalue weighted by Crippen LogP contribution is 2.22. The van der Waals surface area contributed by atoms with Gasteiger partial charge in [-0.3, -0.25) is 4.79 Å². The van der Waals surface area contributed by atoms with Gasteiger partial charge in [0.15, 0.2) is 0 Å². The van der Waals surface area contributed by atoms with Gasteiger partial charge in [-0.25, -0.2) is 4.39 Å². The first kappa shape index (κ1) is 13.3. The van der Waals surface area contributed by atoms with Crippen LogP contribution in [0, 0.1) is 5.82 Å². The molecule has 3 N–H and O–H groups in total. The van der Waals surface area contributed by atoms with E-state index in [1.54, 1.807) is 0 Å². The SMILES string of the molecule is NC1(C(=O)Nc2ccc(Cl)c(F)c2)CCOCC1. The second-order valence-corrected chi connectivity index (χ2v) is 4.76. The van der Waals surface area contributed by atoms with Crippen LogP contribution in [0.5, 0.6) is 0 Å². The fraction of sp³-hybridized carbons (Fsp3) is 0.417. The highest BCUT2D eigenvalue weighted by molar-refractivity contribution is 6.30. The molecule has 0 atom stereocenters. The van der Waals surface area contributed by atoms with Crippen LogP contribution in [0.25, 0.3) is 0 Å². The van der Waals surface area contributed by atoms with Gasteiger partial charge >= 0.3 is 0 Å². The molecule has 4 nitrogen and oxygen atoms in total. The maximum Gasteiger partial charge on any atom is 0.244 e. The highest BCUT2D eigenvalue weighted by atomic mass is 35.5. The molecule has 1 aromatic rings. The van der Waals surface area contributed by atoms with Gasteiger partial charge in [0.2, 0.25) is 5.91 Å². The molecule has 1 aromatic carbocycles. The van der Waals surface area contributed by atoms with Gasteiger partial charge in [-0.15, -0.1) is 0 Å². The first-order valence-corrected chi connectivity index (χ1v) is 6.02. The summed E-state index contributed by atoms with van der Waals surface area (Å²) in [6.07, 6.45) is 0.907. The van der Waals surface area contributed by atoms with Crippen LogP contribution >= 0.6 is 11.6 Å². The number of hydrogen-bond acceptors (Lipinski definition) is 3. The molecule has 1 aliphatic rings. The number of nitrogens with one attached hydrogen (secondary N) is 1. The van der Waals surface area contributed by atoms with Gasteiger partial charge in [-0.05, 0) is 31.0 Å². The molecule has 98 valence electrons. The number of benzene rings is 1. The molecule has 0 unspecified atom stereocenters. The molecule has 1 saturated heterocycles. The summed E-state index contributed by atoms with van der Waals surface area (Å²) in [4.78, 5) is 12.0. The van der Waals surface area contributed by atoms with Crippen molar-refractivity contribution in [2.75, 3.05) is 18.5 Å². The zero-order valence-electron chi connectivity index (χ0n) is 9.71. The Labute approximate surface area is 109 Å². The van der Waals surface area contributed by atoms with Gasteiger partial charge in [-0.2, -0.15) is 0 Å². The van der Waals surface area contributed by atoms with Crippen molar-refractivity contribution in [3.05, 3.63) is 29.0 Å². The third-order valence-electron chi connectivity index (χ3n) is 3.01. The molecule has 0 aliphatic carbocycles. The van der Waals surface area contributed by atoms with E-state index in [-0.39, 0.29) is 10.9 Å². The predicted molar refractivity (Wildman–Crippen MR) is 67.0 cm³/mol. The van der Waals surface area contributed by atoms with Gasteiger partial charge in [0, 0.05) is 18.9 Å². The number of nitrogens with two attached hydrogens (primary N) is 1. The Hall–Kier alpha value is -1.17. The number of anilines is 1. The quantitative estimate of drug-likeness (QED) is 0.865. The van der Waals surface area contributed by atoms with Crippen molar-refractivity contribution in [1.29, 1.82) is 0 Å². The third-order valence-corrected chi connectivity index (χ3v) is 3.32. The predicted octanol–water partition coefficient (Wildman–Crippen LogP) is 1.93. The van der Waals surface area contributed by atoms with Crippen LogP contribution in [0.4, 0.5) is 10.1 Å². The molecular formula is C12H14ClFN2O2. The molecule has 0 spiro atoms. The van der Waals surface area contributed by atoms with Crippen molar-refractivity contribution in [1.82, 2.24) is 0 Å². The second kappa shape index (κ2) is 5.22. The Morgan fingerprint density at radius 2 is 2.11 bits per heavy atom. The number of hydrogen-bond donors (Lipinski definition) is 2. The Kier molecular flexibility index (Phi) is 3.85. The van der Waals surface area contributed by atoms with E-state index in [4.69, 9.17) is 22.1 Å². The molecule has 0 bridgehead atoms. The Morgan fingerprint density at radius 3 is 2.72 bits per heavy atom. The molecule has 1 amide bonds. The first-order chi connectivity index (χ1) is 8.51. The normalized spacial score (nSPS) is 18.4. The summed E-state index contributed by atoms with van der Waals surface area (Å²) in [5, 5.41) is 2.62. The number of rotatable bonds is 2. The fourth-order valence-corrected chi connectivity index (χ4v) is 1.91. The summed E-state index contributed by atoms with van der Waals surface area (Å²) in [5.41, 5.74) is 5.40. The summed E-state index contributed by atoms with van der Waals surface area (Å²) < 4.78 is 18.4. The van der Waals surface area contributed by atoms with Crippen LogP contribution in [-0.2, 0) is 9.53 Å². The average molecular weight is 273 g/mol. The summed E-state index contributed by atoms with van der Waals surface area (Å²) in [5.74, 6) is -0.903. The zero-order chi connectivity index (χ0) is 13.2. The average Bonchev–Trinajstić information content (AvgIpc) is 2.35. The number of carbonyl (C=O) groups is 1. The molecule has 1 aliphatic heterocycles. The Balaban J connectivity index is 2.08. The molecular weight excluding hydrogens is 259 g/mol. The first-order valence-electron chi connectivity index (χ1n) is 5.64. The van der Waals surface area contributed by atoms with Crippen LogP contribution in [0.1, 0.15) is 12.8 Å². The molecule has 6 heteroatoms. The molecule has 2 rings (SSSR count). The van der Waals surface area contributed by atoms with Gasteiger partial charge in [0.05, 0.1) is 5.02 Å². The zero-order valence-corrected chi connectivity index (χ0v) is 10.5. The molecule has 18 heavy (non-hydrogen) atoms. The number of amides is 1. The van der Waals surface area contributed by atoms with Crippen LogP contribution in [-0.4, -0.2) is 24.7 Å². The van der Waals surface area contributed by atoms with E-state index in [1.807, 2.05) is 0 Å². The van der Waals surface area contributed by atoms with Crippen molar-refractivity contribution in [2.45, 2.75) is 18.4 Å². The maximum absolute atomic E-state index is 13.2. The summed E-state index contributed by atoms with van der Waals surface area (Å²) in [6.45, 7) is 0.914. The van der Waals surface area contributed by atoms with Crippen LogP contribution in [0.3, 0.4) is 0 Å². The van der Waals surface area contributed by atoms with Gasteiger partial charge in [-0.1, -0.05) is 11.6 Å². The van der Waals surface area contributed by atoms with Crippen molar-refractivity contribution in [3.8, 4) is 0 Å². The number of halogens is 2. The maximum atomic E-state index is 13.2. The molecule has 1 fully saturated rings. The van der Waals surface area contributed by atoms with Crippen molar-refractivity contribution >= 4 is 23.2 Å². The minimum absolute atomic E-state index is 0.0153. The third kappa shape index (κ3) is 2.80. The summed E-state index contributed by atoms with van der Waals surface area (Å²) >= 11 is 5.56. The van der Waals surface area contributed by atoms with E-state index in [0.29, 0.717) is 31.7 Å². The lowest BCUT2D eigenvalue weighted by molar-refractivity contribution is -0.124. The standard InChI is InChI=1S/C12H14ClFN2O2/c13-9-2-1-8(7-10(9)14)16-11(17)12(15)3-5-18-6-4-12/h1-2,7H,3-6,15H2,(H,16,17). The lowest BCUT2D eigenvalue weighted by atomic mass is 9.90. The smallest absolute Gasteiger partial charge is 0.244 e. The van der Waals surface area contributed by atoms with Gasteiger partial charge in [0.1, 0.15) is 11.4 Å². The van der Waals surface area contributed by atoms with Crippen LogP contribution < -0.4 is 11.1 Å². The van der Waals surface area contributed by atoms with E-state index in [9.17, 15) is 9.18 Å². The van der Waals surface area contributed by atoms with E-state index in [1.165, 1.54) is 18.2 Å². The van der Waals surface area contributed by atoms with E-state index < -0.39 is 11.4 Å². The highest BCUT2D eigenvalue weighted by Gasteiger charge is 2.35. The minimum atomic E-state index is -0.950. The Bertz CT molecular complexity index is 461. The largest absolute Gasteiger partial charge is 0.381 e. The summed E-state index contributed by atoms with van der Waals surface area (Å²) in [7, 11) is 0. The minimum Gasteiger partial charge on any atom is -0.381 e. The molecule has 0 saturated carbocycles. The lowest BCUT2D eigenvalue weighted by Crippen LogP contribution is -2.54.